The molecular weight excluding hydrogens is 270 g/mol. The van der Waals surface area contributed by atoms with Crippen molar-refractivity contribution in [3.8, 4) is 0 Å². The summed E-state index contributed by atoms with van der Waals surface area (Å²) in [6, 6.07) is 9.92. The average Bonchev–Trinajstić information content (AvgIpc) is 2.55. The molecule has 1 heterocycles. The van der Waals surface area contributed by atoms with Crippen molar-refractivity contribution in [1.82, 2.24) is 4.90 Å². The number of hydrogen-bond donors (Lipinski definition) is 0. The van der Waals surface area contributed by atoms with Crippen LogP contribution in [0.1, 0.15) is 30.9 Å². The highest BCUT2D eigenvalue weighted by atomic mass is 16.5. The summed E-state index contributed by atoms with van der Waals surface area (Å²) in [4.78, 5) is 25.0. The molecule has 1 aromatic rings. The zero-order valence-corrected chi connectivity index (χ0v) is 12.3. The summed E-state index contributed by atoms with van der Waals surface area (Å²) in [5, 5.41) is 0. The van der Waals surface area contributed by atoms with Crippen LogP contribution in [0.4, 0.5) is 0 Å². The standard InChI is InChI=1S/C16H21NO4/c1-20-16(19)9-5-8-15(18)17-10-11-21-14(12-17)13-6-3-2-4-7-13/h2-4,6-7,14H,5,8-12H2,1H3. The monoisotopic (exact) mass is 291 g/mol. The number of ether oxygens (including phenoxy) is 2. The third-order valence-electron chi connectivity index (χ3n) is 3.59. The lowest BCUT2D eigenvalue weighted by Gasteiger charge is -2.33. The van der Waals surface area contributed by atoms with Gasteiger partial charge in [-0.1, -0.05) is 30.3 Å². The number of methoxy groups -OCH3 is 1. The molecule has 114 valence electrons. The van der Waals surface area contributed by atoms with Crippen molar-refractivity contribution in [2.24, 2.45) is 0 Å². The summed E-state index contributed by atoms with van der Waals surface area (Å²) in [7, 11) is 1.36. The van der Waals surface area contributed by atoms with Gasteiger partial charge in [0, 0.05) is 19.4 Å². The number of carbonyl (C=O) groups is 2. The van der Waals surface area contributed by atoms with Gasteiger partial charge in [-0.05, 0) is 12.0 Å². The molecule has 1 atom stereocenters. The Morgan fingerprint density at radius 3 is 2.76 bits per heavy atom. The van der Waals surface area contributed by atoms with Crippen LogP contribution < -0.4 is 0 Å². The Labute approximate surface area is 124 Å². The molecule has 1 aromatic carbocycles. The minimum absolute atomic E-state index is 0.0653. The average molecular weight is 291 g/mol. The van der Waals surface area contributed by atoms with Gasteiger partial charge in [-0.3, -0.25) is 9.59 Å². The van der Waals surface area contributed by atoms with Crippen molar-refractivity contribution in [2.75, 3.05) is 26.8 Å². The van der Waals surface area contributed by atoms with E-state index in [-0.39, 0.29) is 24.4 Å². The van der Waals surface area contributed by atoms with Crippen molar-refractivity contribution in [1.29, 1.82) is 0 Å². The molecule has 0 spiro atoms. The minimum Gasteiger partial charge on any atom is -0.469 e. The predicted octanol–water partition coefficient (Wildman–Crippen LogP) is 1.93. The summed E-state index contributed by atoms with van der Waals surface area (Å²) in [6.45, 7) is 1.73. The van der Waals surface area contributed by atoms with E-state index in [9.17, 15) is 9.59 Å². The fraction of sp³-hybridized carbons (Fsp3) is 0.500. The van der Waals surface area contributed by atoms with E-state index >= 15 is 0 Å². The summed E-state index contributed by atoms with van der Waals surface area (Å²) in [5.41, 5.74) is 1.09. The normalized spacial score (nSPS) is 18.3. The summed E-state index contributed by atoms with van der Waals surface area (Å²) in [6.07, 6.45) is 1.12. The number of carbonyl (C=O) groups excluding carboxylic acids is 2. The van der Waals surface area contributed by atoms with Gasteiger partial charge >= 0.3 is 5.97 Å². The second-order valence-corrected chi connectivity index (χ2v) is 5.04. The molecule has 1 aliphatic heterocycles. The Kier molecular flexibility index (Phi) is 5.75. The molecular formula is C16H21NO4. The third-order valence-corrected chi connectivity index (χ3v) is 3.59. The molecule has 1 fully saturated rings. The summed E-state index contributed by atoms with van der Waals surface area (Å²) >= 11 is 0. The lowest BCUT2D eigenvalue weighted by molar-refractivity contribution is -0.141. The third kappa shape index (κ3) is 4.56. The number of morpholine rings is 1. The minimum atomic E-state index is -0.271. The first-order chi connectivity index (χ1) is 10.2. The Balaban J connectivity index is 1.83. The van der Waals surface area contributed by atoms with Gasteiger partial charge in [-0.2, -0.15) is 0 Å². The maximum absolute atomic E-state index is 12.2. The Morgan fingerprint density at radius 2 is 2.05 bits per heavy atom. The second kappa shape index (κ2) is 7.78. The van der Waals surface area contributed by atoms with E-state index in [1.165, 1.54) is 7.11 Å². The van der Waals surface area contributed by atoms with E-state index in [2.05, 4.69) is 4.74 Å². The molecule has 0 aliphatic carbocycles. The summed E-state index contributed by atoms with van der Waals surface area (Å²) in [5.74, 6) is -0.199. The molecule has 1 aliphatic rings. The topological polar surface area (TPSA) is 55.8 Å². The highest BCUT2D eigenvalue weighted by Gasteiger charge is 2.24. The highest BCUT2D eigenvalue weighted by Crippen LogP contribution is 2.22. The van der Waals surface area contributed by atoms with E-state index in [0.29, 0.717) is 32.5 Å². The first kappa shape index (κ1) is 15.5. The van der Waals surface area contributed by atoms with Crippen LogP contribution in [0.15, 0.2) is 30.3 Å². The van der Waals surface area contributed by atoms with Crippen LogP contribution in [0, 0.1) is 0 Å². The van der Waals surface area contributed by atoms with Gasteiger partial charge in [0.1, 0.15) is 6.10 Å². The van der Waals surface area contributed by atoms with E-state index in [4.69, 9.17) is 4.74 Å². The lowest BCUT2D eigenvalue weighted by atomic mass is 10.1. The number of rotatable bonds is 5. The predicted molar refractivity (Wildman–Crippen MR) is 77.6 cm³/mol. The molecule has 5 nitrogen and oxygen atoms in total. The van der Waals surface area contributed by atoms with E-state index in [1.54, 1.807) is 0 Å². The first-order valence-corrected chi connectivity index (χ1v) is 7.22. The van der Waals surface area contributed by atoms with Gasteiger partial charge in [-0.15, -0.1) is 0 Å². The maximum atomic E-state index is 12.2. The fourth-order valence-electron chi connectivity index (χ4n) is 2.39. The number of nitrogens with zero attached hydrogens (tertiary/aromatic N) is 1. The SMILES string of the molecule is COC(=O)CCCC(=O)N1CCOC(c2ccccc2)C1. The number of hydrogen-bond acceptors (Lipinski definition) is 4. The molecule has 0 N–H and O–H groups in total. The molecule has 1 saturated heterocycles. The second-order valence-electron chi connectivity index (χ2n) is 5.04. The number of amides is 1. The van der Waals surface area contributed by atoms with Gasteiger partial charge < -0.3 is 14.4 Å². The Morgan fingerprint density at radius 1 is 1.29 bits per heavy atom. The van der Waals surface area contributed by atoms with E-state index < -0.39 is 0 Å². The lowest BCUT2D eigenvalue weighted by Crippen LogP contribution is -2.42. The van der Waals surface area contributed by atoms with E-state index in [0.717, 1.165) is 5.56 Å². The smallest absolute Gasteiger partial charge is 0.305 e. The van der Waals surface area contributed by atoms with Gasteiger partial charge in [0.05, 0.1) is 20.3 Å². The van der Waals surface area contributed by atoms with Crippen LogP contribution in [0.25, 0.3) is 0 Å². The zero-order chi connectivity index (χ0) is 15.1. The van der Waals surface area contributed by atoms with E-state index in [1.807, 2.05) is 35.2 Å². The van der Waals surface area contributed by atoms with Crippen LogP contribution in [0.5, 0.6) is 0 Å². The largest absolute Gasteiger partial charge is 0.469 e. The quantitative estimate of drug-likeness (QED) is 0.778. The van der Waals surface area contributed by atoms with Crippen molar-refractivity contribution in [3.05, 3.63) is 35.9 Å². The molecule has 5 heteroatoms. The molecule has 1 amide bonds. The van der Waals surface area contributed by atoms with Crippen molar-refractivity contribution < 1.29 is 19.1 Å². The molecule has 0 saturated carbocycles. The highest BCUT2D eigenvalue weighted by molar-refractivity contribution is 5.77. The Hall–Kier alpha value is -1.88. The molecule has 21 heavy (non-hydrogen) atoms. The molecule has 2 rings (SSSR count). The van der Waals surface area contributed by atoms with Crippen molar-refractivity contribution >= 4 is 11.9 Å². The molecule has 0 bridgehead atoms. The maximum Gasteiger partial charge on any atom is 0.305 e. The zero-order valence-electron chi connectivity index (χ0n) is 12.3. The van der Waals surface area contributed by atoms with Crippen LogP contribution >= 0.6 is 0 Å². The van der Waals surface area contributed by atoms with Crippen LogP contribution in [0.3, 0.4) is 0 Å². The van der Waals surface area contributed by atoms with Gasteiger partial charge in [0.15, 0.2) is 0 Å². The fourth-order valence-corrected chi connectivity index (χ4v) is 2.39. The van der Waals surface area contributed by atoms with Gasteiger partial charge in [-0.25, -0.2) is 0 Å². The molecule has 0 aromatic heterocycles. The molecule has 0 radical (unpaired) electrons. The number of benzene rings is 1. The first-order valence-electron chi connectivity index (χ1n) is 7.22. The van der Waals surface area contributed by atoms with Gasteiger partial charge in [0.25, 0.3) is 0 Å². The van der Waals surface area contributed by atoms with Crippen LogP contribution in [0.2, 0.25) is 0 Å². The van der Waals surface area contributed by atoms with Crippen LogP contribution in [-0.2, 0) is 19.1 Å². The van der Waals surface area contributed by atoms with Crippen molar-refractivity contribution in [3.63, 3.8) is 0 Å². The Bertz CT molecular complexity index is 474. The number of esters is 1. The van der Waals surface area contributed by atoms with Gasteiger partial charge in [0.2, 0.25) is 5.91 Å². The van der Waals surface area contributed by atoms with Crippen LogP contribution in [-0.4, -0.2) is 43.6 Å². The molecule has 1 unspecified atom stereocenters. The van der Waals surface area contributed by atoms with Crippen molar-refractivity contribution in [2.45, 2.75) is 25.4 Å². The summed E-state index contributed by atoms with van der Waals surface area (Å²) < 4.78 is 10.3.